The third-order valence-electron chi connectivity index (χ3n) is 11.4. The van der Waals surface area contributed by atoms with E-state index in [1.165, 1.54) is 0 Å². The van der Waals surface area contributed by atoms with Crippen LogP contribution in [0.1, 0.15) is 78.6 Å². The summed E-state index contributed by atoms with van der Waals surface area (Å²) in [5.41, 5.74) is -0.103. The van der Waals surface area contributed by atoms with Gasteiger partial charge in [0.2, 0.25) is 5.91 Å². The molecule has 1 aliphatic heterocycles. The summed E-state index contributed by atoms with van der Waals surface area (Å²) in [5.74, 6) is 3.00. The van der Waals surface area contributed by atoms with Gasteiger partial charge in [-0.05, 0) is 97.7 Å². The quantitative estimate of drug-likeness (QED) is 0.492. The molecule has 0 aromatic rings. The predicted molar refractivity (Wildman–Crippen MR) is 139 cm³/mol. The number of fused-ring (bicyclic) bond motifs is 5. The molecule has 192 valence electrons. The highest BCUT2D eigenvalue weighted by Crippen LogP contribution is 2.68. The number of carbonyl (C=O) groups excluding carboxylic acids is 1. The summed E-state index contributed by atoms with van der Waals surface area (Å²) < 4.78 is 0.715. The summed E-state index contributed by atoms with van der Waals surface area (Å²) in [6, 6.07) is 0. The summed E-state index contributed by atoms with van der Waals surface area (Å²) in [4.78, 5) is 14.5. The number of aliphatic hydroxyl groups is 3. The van der Waals surface area contributed by atoms with Crippen molar-refractivity contribution in [1.29, 1.82) is 0 Å². The average molecular weight is 510 g/mol. The summed E-state index contributed by atoms with van der Waals surface area (Å²) >= 11 is 6.92. The fourth-order valence-corrected chi connectivity index (χ4v) is 10.7. The third kappa shape index (κ3) is 3.91. The number of thioether (sulfide) groups is 1. The highest BCUT2D eigenvalue weighted by molar-refractivity contribution is 8.23. The Hall–Kier alpha value is -0.210. The number of hydrogen-bond acceptors (Lipinski definition) is 6. The minimum absolute atomic E-state index is 0.105. The Balaban J connectivity index is 1.32. The second-order valence-corrected chi connectivity index (χ2v) is 14.4. The molecule has 1 saturated heterocycles. The molecular formula is C27H43NO4S2. The number of hydrogen-bond donors (Lipinski definition) is 3. The van der Waals surface area contributed by atoms with Gasteiger partial charge in [0, 0.05) is 18.7 Å². The molecule has 0 radical (unpaired) electrons. The van der Waals surface area contributed by atoms with Gasteiger partial charge >= 0.3 is 0 Å². The molecule has 5 fully saturated rings. The number of nitrogens with zero attached hydrogens (tertiary/aromatic N) is 1. The fraction of sp³-hybridized carbons (Fsp3) is 0.926. The highest BCUT2D eigenvalue weighted by atomic mass is 32.2. The van der Waals surface area contributed by atoms with Crippen molar-refractivity contribution in [2.24, 2.45) is 46.3 Å². The van der Waals surface area contributed by atoms with E-state index >= 15 is 0 Å². The monoisotopic (exact) mass is 509 g/mol. The maximum atomic E-state index is 12.8. The zero-order valence-corrected chi connectivity index (χ0v) is 22.6. The van der Waals surface area contributed by atoms with Crippen molar-refractivity contribution in [3.63, 3.8) is 0 Å². The van der Waals surface area contributed by atoms with E-state index in [0.717, 1.165) is 63.7 Å². The normalized spacial score (nSPS) is 49.4. The van der Waals surface area contributed by atoms with Crippen molar-refractivity contribution in [3.8, 4) is 0 Å². The molecular weight excluding hydrogens is 466 g/mol. The van der Waals surface area contributed by atoms with Crippen LogP contribution in [0.15, 0.2) is 0 Å². The van der Waals surface area contributed by atoms with Crippen LogP contribution >= 0.6 is 24.0 Å². The van der Waals surface area contributed by atoms with Crippen molar-refractivity contribution >= 4 is 34.2 Å². The van der Waals surface area contributed by atoms with Crippen LogP contribution in [0, 0.1) is 46.3 Å². The summed E-state index contributed by atoms with van der Waals surface area (Å²) in [6.45, 7) is 7.66. The molecule has 0 aromatic heterocycles. The van der Waals surface area contributed by atoms with Crippen LogP contribution in [-0.4, -0.2) is 61.1 Å². The predicted octanol–water partition coefficient (Wildman–Crippen LogP) is 4.22. The van der Waals surface area contributed by atoms with Crippen molar-refractivity contribution in [1.82, 2.24) is 4.90 Å². The zero-order valence-electron chi connectivity index (χ0n) is 21.0. The molecule has 3 N–H and O–H groups in total. The summed E-state index contributed by atoms with van der Waals surface area (Å²) in [6.07, 6.45) is 6.72. The molecule has 0 bridgehead atoms. The largest absolute Gasteiger partial charge is 0.393 e. The molecule has 0 spiro atoms. The lowest BCUT2D eigenvalue weighted by Gasteiger charge is -2.63. The van der Waals surface area contributed by atoms with Crippen molar-refractivity contribution < 1.29 is 20.1 Å². The van der Waals surface area contributed by atoms with E-state index in [2.05, 4.69) is 20.8 Å². The van der Waals surface area contributed by atoms with Gasteiger partial charge in [-0.15, -0.1) is 0 Å². The van der Waals surface area contributed by atoms with Crippen LogP contribution in [0.5, 0.6) is 0 Å². The van der Waals surface area contributed by atoms with Gasteiger partial charge in [-0.1, -0.05) is 44.8 Å². The summed E-state index contributed by atoms with van der Waals surface area (Å²) in [5, 5.41) is 33.4. The summed E-state index contributed by atoms with van der Waals surface area (Å²) in [7, 11) is 0. The molecule has 34 heavy (non-hydrogen) atoms. The Kier molecular flexibility index (Phi) is 6.94. The van der Waals surface area contributed by atoms with Crippen LogP contribution in [0.3, 0.4) is 0 Å². The van der Waals surface area contributed by atoms with E-state index in [4.69, 9.17) is 12.2 Å². The van der Waals surface area contributed by atoms with Gasteiger partial charge in [-0.25, -0.2) is 0 Å². The Morgan fingerprint density at radius 1 is 1.15 bits per heavy atom. The van der Waals surface area contributed by atoms with Gasteiger partial charge in [-0.2, -0.15) is 0 Å². The van der Waals surface area contributed by atoms with Crippen LogP contribution in [0.25, 0.3) is 0 Å². The molecule has 0 aromatic carbocycles. The maximum Gasteiger partial charge on any atom is 0.228 e. The number of amides is 1. The van der Waals surface area contributed by atoms with Crippen LogP contribution in [0.2, 0.25) is 0 Å². The van der Waals surface area contributed by atoms with E-state index in [1.54, 1.807) is 16.7 Å². The molecule has 5 rings (SSSR count). The first-order valence-electron chi connectivity index (χ1n) is 13.6. The average Bonchev–Trinajstić information content (AvgIpc) is 3.37. The first-order valence-corrected chi connectivity index (χ1v) is 15.0. The Morgan fingerprint density at radius 3 is 2.62 bits per heavy atom. The number of aliphatic hydroxyl groups excluding tert-OH is 3. The zero-order chi connectivity index (χ0) is 24.4. The molecule has 5 aliphatic rings. The maximum absolute atomic E-state index is 12.8. The van der Waals surface area contributed by atoms with Gasteiger partial charge in [-0.3, -0.25) is 9.69 Å². The van der Waals surface area contributed by atoms with E-state index in [-0.39, 0.29) is 41.0 Å². The van der Waals surface area contributed by atoms with E-state index < -0.39 is 0 Å². The topological polar surface area (TPSA) is 81.0 Å². The second-order valence-electron chi connectivity index (χ2n) is 12.7. The highest BCUT2D eigenvalue weighted by Gasteiger charge is 2.65. The van der Waals surface area contributed by atoms with E-state index in [9.17, 15) is 20.1 Å². The van der Waals surface area contributed by atoms with Gasteiger partial charge < -0.3 is 15.3 Å². The van der Waals surface area contributed by atoms with Crippen molar-refractivity contribution in [2.75, 3.05) is 12.3 Å². The van der Waals surface area contributed by atoms with E-state index in [1.807, 2.05) is 0 Å². The molecule has 1 heterocycles. The fourth-order valence-electron chi connectivity index (χ4n) is 9.44. The molecule has 1 amide bonds. The minimum Gasteiger partial charge on any atom is -0.393 e. The molecule has 4 aliphatic carbocycles. The Morgan fingerprint density at radius 2 is 1.91 bits per heavy atom. The smallest absolute Gasteiger partial charge is 0.228 e. The second kappa shape index (κ2) is 9.27. The van der Waals surface area contributed by atoms with Crippen molar-refractivity contribution in [3.05, 3.63) is 0 Å². The Labute approximate surface area is 214 Å². The molecule has 4 saturated carbocycles. The van der Waals surface area contributed by atoms with Gasteiger partial charge in [0.25, 0.3) is 0 Å². The number of thiocarbonyl (C=S) groups is 1. The van der Waals surface area contributed by atoms with Gasteiger partial charge in [0.05, 0.1) is 18.3 Å². The lowest BCUT2D eigenvalue weighted by molar-refractivity contribution is -0.207. The Bertz CT molecular complexity index is 824. The number of carbonyl (C=O) groups is 1. The van der Waals surface area contributed by atoms with Gasteiger partial charge in [0.15, 0.2) is 0 Å². The minimum atomic E-state index is -0.374. The van der Waals surface area contributed by atoms with E-state index in [0.29, 0.717) is 40.3 Å². The first-order chi connectivity index (χ1) is 16.1. The van der Waals surface area contributed by atoms with Gasteiger partial charge in [0.1, 0.15) is 4.32 Å². The molecule has 7 unspecified atom stereocenters. The number of rotatable bonds is 4. The van der Waals surface area contributed by atoms with Crippen LogP contribution in [0.4, 0.5) is 0 Å². The molecule has 5 nitrogen and oxygen atoms in total. The third-order valence-corrected chi connectivity index (χ3v) is 12.8. The van der Waals surface area contributed by atoms with Crippen LogP contribution < -0.4 is 0 Å². The van der Waals surface area contributed by atoms with Crippen molar-refractivity contribution in [2.45, 2.75) is 96.9 Å². The molecule has 7 heteroatoms. The standard InChI is InChI=1S/C27H43NO4S2/c1-15(4-7-23(32)28-10-11-34-25(28)33)18-5-6-19-24-20(14-22(31)27(18,19)3)26(2)9-8-17(29)12-16(26)13-21(24)30/h15-22,24,29-31H,4-14H2,1-3H3/t15?,16?,17-,18?,19?,20?,21?,22+,24?,26+,27-/m1/s1. The van der Waals surface area contributed by atoms with Crippen LogP contribution in [-0.2, 0) is 4.79 Å². The lowest BCUT2D eigenvalue weighted by atomic mass is 9.43. The molecule has 11 atom stereocenters. The lowest BCUT2D eigenvalue weighted by Crippen LogP contribution is -2.62. The first kappa shape index (κ1) is 25.4. The SMILES string of the molecule is CC(CCC(=O)N1CCSC1=S)C1CCC2C3C(O)CC4C[C@H](O)CC[C@]4(C)C3C[C@H](O)[C@]12C.